The summed E-state index contributed by atoms with van der Waals surface area (Å²) in [5, 5.41) is 13.8. The van der Waals surface area contributed by atoms with E-state index < -0.39 is 11.0 Å². The molecule has 2 aromatic carbocycles. The normalized spacial score (nSPS) is 19.9. The molecule has 2 atom stereocenters. The fraction of sp³-hybridized carbons (Fsp3) is 0.238. The van der Waals surface area contributed by atoms with E-state index in [1.54, 1.807) is 24.1 Å². The highest BCUT2D eigenvalue weighted by atomic mass is 16.6. The number of non-ortho nitro benzene ring substituents is 1. The third-order valence-corrected chi connectivity index (χ3v) is 5.58. The summed E-state index contributed by atoms with van der Waals surface area (Å²) in [6.07, 6.45) is 0. The van der Waals surface area contributed by atoms with Crippen LogP contribution in [0.25, 0.3) is 0 Å². The maximum Gasteiger partial charge on any atom is 0.322 e. The van der Waals surface area contributed by atoms with Gasteiger partial charge in [-0.1, -0.05) is 30.3 Å². The molecule has 2 aliphatic heterocycles. The molecule has 8 heteroatoms. The predicted molar refractivity (Wildman–Crippen MR) is 106 cm³/mol. The molecule has 3 amide bonds. The van der Waals surface area contributed by atoms with Crippen LogP contribution in [0.2, 0.25) is 0 Å². The smallest absolute Gasteiger partial charge is 0.322 e. The first-order valence-electron chi connectivity index (χ1n) is 9.26. The number of nitrogens with one attached hydrogen (secondary N) is 1. The molecule has 2 aliphatic rings. The molecule has 0 radical (unpaired) electrons. The van der Waals surface area contributed by atoms with Crippen molar-refractivity contribution in [2.24, 2.45) is 0 Å². The standard InChI is InChI=1S/C21H20N4O4/c1-13(14-6-4-3-5-7-14)24-12-17-18(20(24)26)19(22-21(27)23(17)2)15-8-10-16(11-9-15)25(28)29/h3-11,13,19H,12H2,1-2H3,(H,22,27). The van der Waals surface area contributed by atoms with E-state index in [0.717, 1.165) is 5.56 Å². The molecule has 0 saturated carbocycles. The van der Waals surface area contributed by atoms with E-state index in [9.17, 15) is 19.7 Å². The van der Waals surface area contributed by atoms with Crippen molar-refractivity contribution in [3.63, 3.8) is 0 Å². The van der Waals surface area contributed by atoms with E-state index in [1.807, 2.05) is 37.3 Å². The molecule has 0 saturated heterocycles. The van der Waals surface area contributed by atoms with Crippen LogP contribution < -0.4 is 5.32 Å². The molecular weight excluding hydrogens is 372 g/mol. The lowest BCUT2D eigenvalue weighted by Gasteiger charge is -2.31. The number of likely N-dealkylation sites (N-methyl/N-ethyl adjacent to an activating group) is 1. The summed E-state index contributed by atoms with van der Waals surface area (Å²) in [4.78, 5) is 39.5. The Labute approximate surface area is 167 Å². The Kier molecular flexibility index (Phi) is 4.54. The molecule has 4 rings (SSSR count). The molecule has 0 bridgehead atoms. The van der Waals surface area contributed by atoms with E-state index in [1.165, 1.54) is 17.0 Å². The van der Waals surface area contributed by atoms with Crippen molar-refractivity contribution in [1.82, 2.24) is 15.1 Å². The third kappa shape index (κ3) is 3.12. The number of nitro benzene ring substituents is 1. The van der Waals surface area contributed by atoms with E-state index in [0.29, 0.717) is 23.4 Å². The molecule has 148 valence electrons. The predicted octanol–water partition coefficient (Wildman–Crippen LogP) is 3.15. The summed E-state index contributed by atoms with van der Waals surface area (Å²) in [7, 11) is 1.64. The average molecular weight is 392 g/mol. The van der Waals surface area contributed by atoms with Crippen LogP contribution >= 0.6 is 0 Å². The Morgan fingerprint density at radius 3 is 2.38 bits per heavy atom. The number of carbonyl (C=O) groups excluding carboxylic acids is 2. The summed E-state index contributed by atoms with van der Waals surface area (Å²) in [5.74, 6) is -0.147. The second-order valence-corrected chi connectivity index (χ2v) is 7.17. The van der Waals surface area contributed by atoms with Crippen LogP contribution in [-0.4, -0.2) is 40.3 Å². The van der Waals surface area contributed by atoms with Crippen LogP contribution in [0.1, 0.15) is 30.1 Å². The van der Waals surface area contributed by atoms with Crippen LogP contribution in [-0.2, 0) is 4.79 Å². The Bertz CT molecular complexity index is 1020. The topological polar surface area (TPSA) is 95.8 Å². The van der Waals surface area contributed by atoms with Gasteiger partial charge in [0.1, 0.15) is 0 Å². The van der Waals surface area contributed by atoms with Gasteiger partial charge in [-0.2, -0.15) is 0 Å². The number of hydrogen-bond acceptors (Lipinski definition) is 4. The lowest BCUT2D eigenvalue weighted by atomic mass is 9.95. The first-order chi connectivity index (χ1) is 13.9. The SMILES string of the molecule is CC(c1ccccc1)N1CC2=C(C1=O)C(c1ccc([N+](=O)[O-])cc1)NC(=O)N2C. The maximum atomic E-state index is 13.3. The van der Waals surface area contributed by atoms with Gasteiger partial charge in [0, 0.05) is 19.2 Å². The number of carbonyl (C=O) groups is 2. The molecule has 29 heavy (non-hydrogen) atoms. The van der Waals surface area contributed by atoms with Gasteiger partial charge in [0.05, 0.1) is 34.8 Å². The van der Waals surface area contributed by atoms with Crippen LogP contribution in [0.4, 0.5) is 10.5 Å². The molecule has 8 nitrogen and oxygen atoms in total. The Hall–Kier alpha value is -3.68. The van der Waals surface area contributed by atoms with Crippen LogP contribution in [0.3, 0.4) is 0 Å². The fourth-order valence-corrected chi connectivity index (χ4v) is 3.85. The van der Waals surface area contributed by atoms with Gasteiger partial charge in [-0.05, 0) is 30.2 Å². The first kappa shape index (κ1) is 18.7. The second kappa shape index (κ2) is 7.05. The van der Waals surface area contributed by atoms with Crippen molar-refractivity contribution in [3.8, 4) is 0 Å². The molecule has 1 N–H and O–H groups in total. The highest BCUT2D eigenvalue weighted by molar-refractivity contribution is 6.01. The summed E-state index contributed by atoms with van der Waals surface area (Å²) in [5.41, 5.74) is 2.76. The summed E-state index contributed by atoms with van der Waals surface area (Å²) in [6, 6.07) is 14.5. The van der Waals surface area contributed by atoms with Gasteiger partial charge < -0.3 is 10.2 Å². The van der Waals surface area contributed by atoms with Crippen molar-refractivity contribution in [2.75, 3.05) is 13.6 Å². The minimum absolute atomic E-state index is 0.0423. The average Bonchev–Trinajstić information content (AvgIpc) is 3.08. The van der Waals surface area contributed by atoms with Gasteiger partial charge in [-0.3, -0.25) is 19.8 Å². The van der Waals surface area contributed by atoms with E-state index >= 15 is 0 Å². The Morgan fingerprint density at radius 1 is 1.10 bits per heavy atom. The van der Waals surface area contributed by atoms with E-state index in [4.69, 9.17) is 0 Å². The molecule has 0 fully saturated rings. The van der Waals surface area contributed by atoms with Gasteiger partial charge in [0.15, 0.2) is 0 Å². The number of benzene rings is 2. The largest absolute Gasteiger partial charge is 0.327 e. The minimum Gasteiger partial charge on any atom is -0.327 e. The van der Waals surface area contributed by atoms with Crippen LogP contribution in [0, 0.1) is 10.1 Å². The van der Waals surface area contributed by atoms with Gasteiger partial charge in [0.2, 0.25) is 0 Å². The molecular formula is C21H20N4O4. The van der Waals surface area contributed by atoms with Gasteiger partial charge in [0.25, 0.3) is 11.6 Å². The lowest BCUT2D eigenvalue weighted by Crippen LogP contribution is -2.45. The van der Waals surface area contributed by atoms with Crippen LogP contribution in [0.5, 0.6) is 0 Å². The molecule has 2 aromatic rings. The Morgan fingerprint density at radius 2 is 1.76 bits per heavy atom. The summed E-state index contributed by atoms with van der Waals surface area (Å²) in [6.45, 7) is 2.29. The molecule has 0 aliphatic carbocycles. The lowest BCUT2D eigenvalue weighted by molar-refractivity contribution is -0.384. The third-order valence-electron chi connectivity index (χ3n) is 5.58. The summed E-state index contributed by atoms with van der Waals surface area (Å²) >= 11 is 0. The zero-order valence-electron chi connectivity index (χ0n) is 16.0. The van der Waals surface area contributed by atoms with Crippen molar-refractivity contribution in [2.45, 2.75) is 19.0 Å². The summed E-state index contributed by atoms with van der Waals surface area (Å²) < 4.78 is 0. The van der Waals surface area contributed by atoms with Crippen LogP contribution in [0.15, 0.2) is 65.9 Å². The zero-order chi connectivity index (χ0) is 20.7. The van der Waals surface area contributed by atoms with E-state index in [-0.39, 0.29) is 23.7 Å². The highest BCUT2D eigenvalue weighted by Gasteiger charge is 2.44. The number of nitro groups is 1. The minimum atomic E-state index is -0.644. The number of urea groups is 1. The number of nitrogens with zero attached hydrogens (tertiary/aromatic N) is 3. The fourth-order valence-electron chi connectivity index (χ4n) is 3.85. The van der Waals surface area contributed by atoms with E-state index in [2.05, 4.69) is 5.32 Å². The first-order valence-corrected chi connectivity index (χ1v) is 9.26. The second-order valence-electron chi connectivity index (χ2n) is 7.17. The van der Waals surface area contributed by atoms with Crippen molar-refractivity contribution < 1.29 is 14.5 Å². The number of rotatable bonds is 4. The molecule has 2 unspecified atom stereocenters. The monoisotopic (exact) mass is 392 g/mol. The Balaban J connectivity index is 1.69. The van der Waals surface area contributed by atoms with Gasteiger partial charge >= 0.3 is 6.03 Å². The van der Waals surface area contributed by atoms with Gasteiger partial charge in [-0.25, -0.2) is 4.79 Å². The van der Waals surface area contributed by atoms with Gasteiger partial charge in [-0.15, -0.1) is 0 Å². The number of hydrogen-bond donors (Lipinski definition) is 1. The van der Waals surface area contributed by atoms with Crippen molar-refractivity contribution >= 4 is 17.6 Å². The number of amides is 3. The van der Waals surface area contributed by atoms with Crippen molar-refractivity contribution in [3.05, 3.63) is 87.1 Å². The molecule has 0 aromatic heterocycles. The quantitative estimate of drug-likeness (QED) is 0.639. The zero-order valence-corrected chi connectivity index (χ0v) is 16.0. The van der Waals surface area contributed by atoms with Crippen molar-refractivity contribution in [1.29, 1.82) is 0 Å². The highest BCUT2D eigenvalue weighted by Crippen LogP contribution is 2.39. The molecule has 0 spiro atoms. The maximum absolute atomic E-state index is 13.3. The molecule has 2 heterocycles.